The second-order valence-electron chi connectivity index (χ2n) is 4.96. The Kier molecular flexibility index (Phi) is 3.49. The molecule has 1 aliphatic rings. The summed E-state index contributed by atoms with van der Waals surface area (Å²) >= 11 is 0. The number of benzene rings is 1. The first-order chi connectivity index (χ1) is 7.70. The van der Waals surface area contributed by atoms with Gasteiger partial charge in [0.2, 0.25) is 0 Å². The fraction of sp³-hybridized carbons (Fsp3) is 0.571. The third kappa shape index (κ3) is 2.38. The van der Waals surface area contributed by atoms with Gasteiger partial charge in [0.15, 0.2) is 0 Å². The van der Waals surface area contributed by atoms with E-state index in [2.05, 4.69) is 37.4 Å². The Hall–Kier alpha value is -1.02. The molecule has 1 aromatic rings. The highest BCUT2D eigenvalue weighted by atomic mass is 16.5. The van der Waals surface area contributed by atoms with E-state index in [9.17, 15) is 0 Å². The highest BCUT2D eigenvalue weighted by Crippen LogP contribution is 2.28. The normalized spacial score (nSPS) is 16.2. The van der Waals surface area contributed by atoms with Gasteiger partial charge in [-0.25, -0.2) is 0 Å². The molecule has 2 heteroatoms. The van der Waals surface area contributed by atoms with Gasteiger partial charge < -0.3 is 10.1 Å². The molecule has 1 N–H and O–H groups in total. The predicted molar refractivity (Wildman–Crippen MR) is 67.1 cm³/mol. The third-order valence-corrected chi connectivity index (χ3v) is 3.31. The van der Waals surface area contributed by atoms with Gasteiger partial charge in [0.25, 0.3) is 0 Å². The Morgan fingerprint density at radius 3 is 2.62 bits per heavy atom. The first-order valence-electron chi connectivity index (χ1n) is 6.08. The van der Waals surface area contributed by atoms with E-state index in [-0.39, 0.29) is 0 Å². The molecular weight excluding hydrogens is 198 g/mol. The lowest BCUT2D eigenvalue weighted by Crippen LogP contribution is -2.43. The lowest BCUT2D eigenvalue weighted by Gasteiger charge is -2.27. The van der Waals surface area contributed by atoms with Crippen LogP contribution < -0.4 is 10.1 Å². The van der Waals surface area contributed by atoms with E-state index < -0.39 is 0 Å². The van der Waals surface area contributed by atoms with E-state index in [1.807, 2.05) is 0 Å². The number of hydrogen-bond donors (Lipinski definition) is 1. The number of hydrogen-bond acceptors (Lipinski definition) is 2. The Labute approximate surface area is 98.0 Å². The monoisotopic (exact) mass is 219 g/mol. The molecule has 0 unspecified atom stereocenters. The van der Waals surface area contributed by atoms with Crippen molar-refractivity contribution in [3.8, 4) is 5.75 Å². The zero-order chi connectivity index (χ0) is 11.5. The molecule has 0 aliphatic carbocycles. The molecule has 1 aromatic carbocycles. The maximum atomic E-state index is 5.39. The largest absolute Gasteiger partial charge is 0.496 e. The first-order valence-corrected chi connectivity index (χ1v) is 6.08. The molecule has 88 valence electrons. The number of ether oxygens (including phenoxy) is 1. The van der Waals surface area contributed by atoms with Gasteiger partial charge in [-0.2, -0.15) is 0 Å². The van der Waals surface area contributed by atoms with E-state index in [0.29, 0.717) is 5.92 Å². The Morgan fingerprint density at radius 1 is 1.38 bits per heavy atom. The lowest BCUT2D eigenvalue weighted by atomic mass is 9.91. The van der Waals surface area contributed by atoms with Crippen molar-refractivity contribution in [3.05, 3.63) is 29.3 Å². The van der Waals surface area contributed by atoms with E-state index in [4.69, 9.17) is 4.74 Å². The van der Waals surface area contributed by atoms with Crippen molar-refractivity contribution < 1.29 is 4.74 Å². The molecule has 1 heterocycles. The van der Waals surface area contributed by atoms with Gasteiger partial charge in [0.1, 0.15) is 5.75 Å². The molecule has 2 rings (SSSR count). The van der Waals surface area contributed by atoms with Gasteiger partial charge in [-0.15, -0.1) is 0 Å². The molecule has 0 atom stereocenters. The summed E-state index contributed by atoms with van der Waals surface area (Å²) in [6.07, 6.45) is 1.19. The minimum Gasteiger partial charge on any atom is -0.496 e. The summed E-state index contributed by atoms with van der Waals surface area (Å²) < 4.78 is 5.39. The van der Waals surface area contributed by atoms with Gasteiger partial charge in [-0.05, 0) is 48.5 Å². The highest BCUT2D eigenvalue weighted by Gasteiger charge is 2.17. The average molecular weight is 219 g/mol. The van der Waals surface area contributed by atoms with Gasteiger partial charge in [0, 0.05) is 0 Å². The zero-order valence-corrected chi connectivity index (χ0v) is 10.4. The van der Waals surface area contributed by atoms with E-state index in [1.165, 1.54) is 30.6 Å². The number of rotatable bonds is 4. The SMILES string of the molecule is COc1ccc(CC2CNC2)cc1C(C)C. The van der Waals surface area contributed by atoms with Crippen molar-refractivity contribution in [1.82, 2.24) is 5.32 Å². The standard InChI is InChI=1S/C14H21NO/c1-10(2)13-7-11(4-5-14(13)16-3)6-12-8-15-9-12/h4-5,7,10,12,15H,6,8-9H2,1-3H3. The highest BCUT2D eigenvalue weighted by molar-refractivity contribution is 5.39. The van der Waals surface area contributed by atoms with Crippen LogP contribution in [0.3, 0.4) is 0 Å². The van der Waals surface area contributed by atoms with Crippen LogP contribution in [0.1, 0.15) is 30.9 Å². The molecule has 0 saturated carbocycles. The summed E-state index contributed by atoms with van der Waals surface area (Å²) in [6, 6.07) is 6.61. The summed E-state index contributed by atoms with van der Waals surface area (Å²) in [4.78, 5) is 0. The van der Waals surface area contributed by atoms with Crippen LogP contribution in [0.4, 0.5) is 0 Å². The maximum absolute atomic E-state index is 5.39. The van der Waals surface area contributed by atoms with Crippen LogP contribution in [-0.2, 0) is 6.42 Å². The molecule has 2 nitrogen and oxygen atoms in total. The van der Waals surface area contributed by atoms with Crippen LogP contribution in [0, 0.1) is 5.92 Å². The van der Waals surface area contributed by atoms with Crippen molar-refractivity contribution in [2.24, 2.45) is 5.92 Å². The van der Waals surface area contributed by atoms with Crippen LogP contribution in [0.15, 0.2) is 18.2 Å². The van der Waals surface area contributed by atoms with Crippen LogP contribution in [0.5, 0.6) is 5.75 Å². The molecular formula is C14H21NO. The summed E-state index contributed by atoms with van der Waals surface area (Å²) in [7, 11) is 1.75. The van der Waals surface area contributed by atoms with Crippen molar-refractivity contribution in [2.45, 2.75) is 26.2 Å². The minimum atomic E-state index is 0.523. The van der Waals surface area contributed by atoms with Crippen molar-refractivity contribution >= 4 is 0 Å². The van der Waals surface area contributed by atoms with Crippen molar-refractivity contribution in [2.75, 3.05) is 20.2 Å². The average Bonchev–Trinajstić information content (AvgIpc) is 2.23. The quantitative estimate of drug-likeness (QED) is 0.840. The Bertz CT molecular complexity index is 356. The van der Waals surface area contributed by atoms with Crippen LogP contribution in [0.2, 0.25) is 0 Å². The van der Waals surface area contributed by atoms with Gasteiger partial charge in [-0.1, -0.05) is 26.0 Å². The predicted octanol–water partition coefficient (Wildman–Crippen LogP) is 2.58. The molecule has 16 heavy (non-hydrogen) atoms. The van der Waals surface area contributed by atoms with E-state index >= 15 is 0 Å². The van der Waals surface area contributed by atoms with E-state index in [0.717, 1.165) is 11.7 Å². The topological polar surface area (TPSA) is 21.3 Å². The smallest absolute Gasteiger partial charge is 0.122 e. The summed E-state index contributed by atoms with van der Waals surface area (Å²) in [5, 5.41) is 3.32. The summed E-state index contributed by atoms with van der Waals surface area (Å²) in [5.74, 6) is 2.37. The number of nitrogens with one attached hydrogen (secondary N) is 1. The van der Waals surface area contributed by atoms with Gasteiger partial charge >= 0.3 is 0 Å². The molecule has 0 spiro atoms. The third-order valence-electron chi connectivity index (χ3n) is 3.31. The van der Waals surface area contributed by atoms with Crippen LogP contribution in [-0.4, -0.2) is 20.2 Å². The molecule has 0 amide bonds. The summed E-state index contributed by atoms with van der Waals surface area (Å²) in [6.45, 7) is 6.77. The van der Waals surface area contributed by atoms with Crippen LogP contribution in [0.25, 0.3) is 0 Å². The first kappa shape index (κ1) is 11.5. The molecule has 0 bridgehead atoms. The number of methoxy groups -OCH3 is 1. The second kappa shape index (κ2) is 4.88. The molecule has 0 radical (unpaired) electrons. The van der Waals surface area contributed by atoms with Crippen molar-refractivity contribution in [3.63, 3.8) is 0 Å². The minimum absolute atomic E-state index is 0.523. The summed E-state index contributed by atoms with van der Waals surface area (Å²) in [5.41, 5.74) is 2.77. The molecule has 0 aromatic heterocycles. The molecule has 1 aliphatic heterocycles. The van der Waals surface area contributed by atoms with Crippen LogP contribution >= 0.6 is 0 Å². The lowest BCUT2D eigenvalue weighted by molar-refractivity contribution is 0.346. The van der Waals surface area contributed by atoms with Gasteiger partial charge in [0.05, 0.1) is 7.11 Å². The van der Waals surface area contributed by atoms with Gasteiger partial charge in [-0.3, -0.25) is 0 Å². The molecule has 1 saturated heterocycles. The maximum Gasteiger partial charge on any atom is 0.122 e. The fourth-order valence-electron chi connectivity index (χ4n) is 2.19. The molecule has 1 fully saturated rings. The zero-order valence-electron chi connectivity index (χ0n) is 10.4. The fourth-order valence-corrected chi connectivity index (χ4v) is 2.19. The Balaban J connectivity index is 2.16. The Morgan fingerprint density at radius 2 is 2.12 bits per heavy atom. The van der Waals surface area contributed by atoms with E-state index in [1.54, 1.807) is 7.11 Å². The second-order valence-corrected chi connectivity index (χ2v) is 4.96. The van der Waals surface area contributed by atoms with Crippen molar-refractivity contribution in [1.29, 1.82) is 0 Å².